The SMILES string of the molecule is CC1CCOC1C(NN)C1=CCCCO1. The van der Waals surface area contributed by atoms with Crippen molar-refractivity contribution in [1.29, 1.82) is 0 Å². The minimum atomic E-state index is 0.0165. The number of hydrogen-bond acceptors (Lipinski definition) is 4. The maximum Gasteiger partial charge on any atom is 0.113 e. The van der Waals surface area contributed by atoms with Gasteiger partial charge in [-0.15, -0.1) is 0 Å². The van der Waals surface area contributed by atoms with Gasteiger partial charge in [-0.3, -0.25) is 5.84 Å². The summed E-state index contributed by atoms with van der Waals surface area (Å²) in [5.41, 5.74) is 2.83. The predicted molar refractivity (Wildman–Crippen MR) is 57.9 cm³/mol. The van der Waals surface area contributed by atoms with E-state index in [1.807, 2.05) is 0 Å². The second kappa shape index (κ2) is 4.96. The van der Waals surface area contributed by atoms with Crippen molar-refractivity contribution in [2.24, 2.45) is 11.8 Å². The van der Waals surface area contributed by atoms with E-state index < -0.39 is 0 Å². The van der Waals surface area contributed by atoms with Crippen molar-refractivity contribution >= 4 is 0 Å². The maximum atomic E-state index is 5.71. The van der Waals surface area contributed by atoms with E-state index in [1.165, 1.54) is 0 Å². The van der Waals surface area contributed by atoms with Gasteiger partial charge in [0.05, 0.1) is 12.7 Å². The zero-order valence-electron chi connectivity index (χ0n) is 9.24. The van der Waals surface area contributed by atoms with Crippen LogP contribution in [0.3, 0.4) is 0 Å². The van der Waals surface area contributed by atoms with E-state index in [4.69, 9.17) is 15.3 Å². The first-order chi connectivity index (χ1) is 7.33. The summed E-state index contributed by atoms with van der Waals surface area (Å²) < 4.78 is 11.3. The Kier molecular flexibility index (Phi) is 3.61. The van der Waals surface area contributed by atoms with Crippen LogP contribution < -0.4 is 11.3 Å². The molecule has 0 aromatic heterocycles. The highest BCUT2D eigenvalue weighted by atomic mass is 16.5. The largest absolute Gasteiger partial charge is 0.496 e. The number of ether oxygens (including phenoxy) is 2. The second-order valence-corrected chi connectivity index (χ2v) is 4.34. The van der Waals surface area contributed by atoms with E-state index >= 15 is 0 Å². The van der Waals surface area contributed by atoms with Gasteiger partial charge in [0.15, 0.2) is 0 Å². The van der Waals surface area contributed by atoms with Crippen molar-refractivity contribution in [1.82, 2.24) is 5.43 Å². The molecule has 1 fully saturated rings. The monoisotopic (exact) mass is 212 g/mol. The molecule has 3 N–H and O–H groups in total. The summed E-state index contributed by atoms with van der Waals surface area (Å²) in [5, 5.41) is 0. The molecular weight excluding hydrogens is 192 g/mol. The van der Waals surface area contributed by atoms with Crippen molar-refractivity contribution in [3.63, 3.8) is 0 Å². The first-order valence-electron chi connectivity index (χ1n) is 5.73. The molecule has 0 aromatic rings. The van der Waals surface area contributed by atoms with E-state index in [1.54, 1.807) is 0 Å². The summed E-state index contributed by atoms with van der Waals surface area (Å²) in [7, 11) is 0. The number of hydrogen-bond donors (Lipinski definition) is 2. The van der Waals surface area contributed by atoms with E-state index in [-0.39, 0.29) is 12.1 Å². The van der Waals surface area contributed by atoms with Crippen LogP contribution >= 0.6 is 0 Å². The highest BCUT2D eigenvalue weighted by molar-refractivity contribution is 5.09. The molecule has 0 amide bonds. The topological polar surface area (TPSA) is 56.5 Å². The minimum Gasteiger partial charge on any atom is -0.496 e. The number of rotatable bonds is 3. The highest BCUT2D eigenvalue weighted by Gasteiger charge is 2.34. The summed E-state index contributed by atoms with van der Waals surface area (Å²) in [6, 6.07) is 0.0165. The molecule has 3 unspecified atom stereocenters. The standard InChI is InChI=1S/C11H20N2O2/c1-8-5-7-15-11(8)10(13-12)9-4-2-3-6-14-9/h4,8,10-11,13H,2-3,5-7,12H2,1H3. The van der Waals surface area contributed by atoms with Gasteiger partial charge >= 0.3 is 0 Å². The van der Waals surface area contributed by atoms with Crippen molar-refractivity contribution in [3.8, 4) is 0 Å². The Morgan fingerprint density at radius 2 is 2.40 bits per heavy atom. The van der Waals surface area contributed by atoms with Crippen LogP contribution in [0, 0.1) is 5.92 Å². The van der Waals surface area contributed by atoms with Crippen molar-refractivity contribution in [3.05, 3.63) is 11.8 Å². The van der Waals surface area contributed by atoms with E-state index in [9.17, 15) is 0 Å². The summed E-state index contributed by atoms with van der Waals surface area (Å²) in [5.74, 6) is 7.09. The Morgan fingerprint density at radius 3 is 2.93 bits per heavy atom. The van der Waals surface area contributed by atoms with Gasteiger partial charge in [-0.1, -0.05) is 6.92 Å². The van der Waals surface area contributed by atoms with Gasteiger partial charge in [0.2, 0.25) is 0 Å². The zero-order valence-corrected chi connectivity index (χ0v) is 9.24. The molecule has 2 heterocycles. The van der Waals surface area contributed by atoms with Crippen molar-refractivity contribution in [2.75, 3.05) is 13.2 Å². The van der Waals surface area contributed by atoms with Crippen LogP contribution in [0.4, 0.5) is 0 Å². The van der Waals surface area contributed by atoms with E-state index in [0.717, 1.165) is 38.2 Å². The first-order valence-corrected chi connectivity index (χ1v) is 5.73. The van der Waals surface area contributed by atoms with E-state index in [0.29, 0.717) is 5.92 Å². The van der Waals surface area contributed by atoms with Crippen LogP contribution in [0.15, 0.2) is 11.8 Å². The zero-order chi connectivity index (χ0) is 10.7. The molecule has 0 saturated carbocycles. The fraction of sp³-hybridized carbons (Fsp3) is 0.818. The Hall–Kier alpha value is -0.580. The molecule has 15 heavy (non-hydrogen) atoms. The molecule has 86 valence electrons. The van der Waals surface area contributed by atoms with Crippen LogP contribution in [-0.2, 0) is 9.47 Å². The lowest BCUT2D eigenvalue weighted by Gasteiger charge is -2.29. The molecule has 3 atom stereocenters. The third-order valence-electron chi connectivity index (χ3n) is 3.22. The smallest absolute Gasteiger partial charge is 0.113 e. The van der Waals surface area contributed by atoms with Gasteiger partial charge in [0, 0.05) is 6.61 Å². The molecule has 0 aliphatic carbocycles. The Labute approximate surface area is 90.8 Å². The molecule has 4 nitrogen and oxygen atoms in total. The maximum absolute atomic E-state index is 5.71. The van der Waals surface area contributed by atoms with Gasteiger partial charge in [0.1, 0.15) is 11.8 Å². The fourth-order valence-electron chi connectivity index (χ4n) is 2.28. The third kappa shape index (κ3) is 2.33. The average molecular weight is 212 g/mol. The molecule has 2 aliphatic rings. The Bertz CT molecular complexity index is 243. The molecule has 2 rings (SSSR count). The lowest BCUT2D eigenvalue weighted by molar-refractivity contribution is 0.0443. The molecule has 2 aliphatic heterocycles. The van der Waals surface area contributed by atoms with Gasteiger partial charge in [-0.2, -0.15) is 0 Å². The summed E-state index contributed by atoms with van der Waals surface area (Å²) >= 11 is 0. The van der Waals surface area contributed by atoms with Crippen LogP contribution in [0.25, 0.3) is 0 Å². The molecule has 4 heteroatoms. The number of allylic oxidation sites excluding steroid dienone is 1. The molecule has 1 saturated heterocycles. The third-order valence-corrected chi connectivity index (χ3v) is 3.22. The van der Waals surface area contributed by atoms with Gasteiger partial charge in [0.25, 0.3) is 0 Å². The van der Waals surface area contributed by atoms with Gasteiger partial charge < -0.3 is 9.47 Å². The van der Waals surface area contributed by atoms with E-state index in [2.05, 4.69) is 18.4 Å². The average Bonchev–Trinajstić information content (AvgIpc) is 2.68. The van der Waals surface area contributed by atoms with Crippen molar-refractivity contribution in [2.45, 2.75) is 38.3 Å². The van der Waals surface area contributed by atoms with Gasteiger partial charge in [-0.05, 0) is 31.3 Å². The Balaban J connectivity index is 2.05. The molecule has 0 aromatic carbocycles. The normalized spacial score (nSPS) is 33.3. The number of hydrazine groups is 1. The number of nitrogens with one attached hydrogen (secondary N) is 1. The Morgan fingerprint density at radius 1 is 1.53 bits per heavy atom. The fourth-order valence-corrected chi connectivity index (χ4v) is 2.28. The lowest BCUT2D eigenvalue weighted by Crippen LogP contribution is -2.48. The summed E-state index contributed by atoms with van der Waals surface area (Å²) in [4.78, 5) is 0. The highest BCUT2D eigenvalue weighted by Crippen LogP contribution is 2.27. The number of nitrogens with two attached hydrogens (primary N) is 1. The molecular formula is C11H20N2O2. The quantitative estimate of drug-likeness (QED) is 0.540. The minimum absolute atomic E-state index is 0.0165. The second-order valence-electron chi connectivity index (χ2n) is 4.34. The molecule has 0 radical (unpaired) electrons. The van der Waals surface area contributed by atoms with Gasteiger partial charge in [-0.25, -0.2) is 5.43 Å². The van der Waals surface area contributed by atoms with Crippen LogP contribution in [0.2, 0.25) is 0 Å². The van der Waals surface area contributed by atoms with Crippen LogP contribution in [0.1, 0.15) is 26.2 Å². The lowest BCUT2D eigenvalue weighted by atomic mass is 9.95. The molecule has 0 spiro atoms. The summed E-state index contributed by atoms with van der Waals surface area (Å²) in [6.07, 6.45) is 5.56. The van der Waals surface area contributed by atoms with Crippen LogP contribution in [-0.4, -0.2) is 25.4 Å². The van der Waals surface area contributed by atoms with Crippen LogP contribution in [0.5, 0.6) is 0 Å². The predicted octanol–water partition coefficient (Wildman–Crippen LogP) is 0.938. The first kappa shape index (κ1) is 10.9. The summed E-state index contributed by atoms with van der Waals surface area (Å²) in [6.45, 7) is 3.83. The molecule has 0 bridgehead atoms. The van der Waals surface area contributed by atoms with Crippen molar-refractivity contribution < 1.29 is 9.47 Å².